The van der Waals surface area contributed by atoms with Crippen LogP contribution >= 0.6 is 23.2 Å². The van der Waals surface area contributed by atoms with Crippen molar-refractivity contribution >= 4 is 46.2 Å². The molecule has 178 valence electrons. The first kappa shape index (κ1) is 22.4. The highest BCUT2D eigenvalue weighted by Crippen LogP contribution is 2.49. The number of aromatic nitrogens is 2. The summed E-state index contributed by atoms with van der Waals surface area (Å²) in [5, 5.41) is 2.16. The highest BCUT2D eigenvalue weighted by Gasteiger charge is 2.54. The molecule has 14 heteroatoms. The second-order valence-electron chi connectivity index (χ2n) is 7.95. The molecule has 1 aliphatic carbocycles. The van der Waals surface area contributed by atoms with Crippen molar-refractivity contribution in [3.8, 4) is 11.5 Å². The number of H-pyrrole nitrogens is 1. The summed E-state index contributed by atoms with van der Waals surface area (Å²) in [6, 6.07) is 7.01. The summed E-state index contributed by atoms with van der Waals surface area (Å²) in [6.45, 7) is 0. The molecule has 0 bridgehead atoms. The summed E-state index contributed by atoms with van der Waals surface area (Å²) < 4.78 is 34.2. The van der Waals surface area contributed by atoms with Crippen molar-refractivity contribution in [3.05, 3.63) is 56.4 Å². The molecule has 0 spiro atoms. The highest BCUT2D eigenvalue weighted by molar-refractivity contribution is 6.37. The van der Waals surface area contributed by atoms with Gasteiger partial charge in [-0.1, -0.05) is 23.2 Å². The van der Waals surface area contributed by atoms with E-state index in [1.54, 1.807) is 0 Å². The Bertz CT molecular complexity index is 1400. The van der Waals surface area contributed by atoms with E-state index in [9.17, 15) is 23.2 Å². The molecule has 0 radical (unpaired) electrons. The quantitative estimate of drug-likeness (QED) is 0.399. The summed E-state index contributed by atoms with van der Waals surface area (Å²) >= 11 is 12.7. The normalized spacial score (nSPS) is 20.9. The van der Waals surface area contributed by atoms with Crippen molar-refractivity contribution < 1.29 is 27.9 Å². The molecule has 1 saturated heterocycles. The lowest BCUT2D eigenvalue weighted by molar-refractivity contribution is -0.127. The summed E-state index contributed by atoms with van der Waals surface area (Å²) in [5.74, 6) is -0.833. The predicted octanol–water partition coefficient (Wildman–Crippen LogP) is 3.07. The molecular formula is C20H15Cl2F2N5O5. The molecule has 10 nitrogen and oxygen atoms in total. The standard InChI is InChI=1S/C20H15Cl2F2N5O5/c21-10-5-8(20(16(25)30)27-18(32)34-28-20)6-11(22)14(10)33-9-1-2-12-13(7-9)29(17(31)26-12)19(3-4-19)15(23)24/h1-2,5-7,15,28H,3-4H2,(H2,25,30)(H,26,31)(H,27,32). The van der Waals surface area contributed by atoms with Crippen LogP contribution in [-0.2, 0) is 20.8 Å². The van der Waals surface area contributed by atoms with E-state index in [1.807, 2.05) is 0 Å². The van der Waals surface area contributed by atoms with E-state index in [-0.39, 0.29) is 45.5 Å². The molecule has 2 heterocycles. The second kappa shape index (κ2) is 7.58. The minimum Gasteiger partial charge on any atom is -0.454 e. The number of amides is 2. The maximum atomic E-state index is 13.7. The van der Waals surface area contributed by atoms with Gasteiger partial charge in [-0.3, -0.25) is 14.7 Å². The Morgan fingerprint density at radius 3 is 2.38 bits per heavy atom. The third kappa shape index (κ3) is 3.29. The van der Waals surface area contributed by atoms with Crippen LogP contribution in [0.4, 0.5) is 13.6 Å². The van der Waals surface area contributed by atoms with Gasteiger partial charge in [0.25, 0.3) is 12.3 Å². The molecule has 2 aliphatic rings. The smallest absolute Gasteiger partial charge is 0.428 e. The zero-order valence-corrected chi connectivity index (χ0v) is 18.5. The average Bonchev–Trinajstić information content (AvgIpc) is 3.36. The molecule has 5 N–H and O–H groups in total. The van der Waals surface area contributed by atoms with Crippen molar-refractivity contribution in [2.24, 2.45) is 5.73 Å². The van der Waals surface area contributed by atoms with Crippen molar-refractivity contribution in [2.45, 2.75) is 30.5 Å². The first-order valence-electron chi connectivity index (χ1n) is 9.84. The zero-order chi connectivity index (χ0) is 24.4. The number of nitrogens with two attached hydrogens (primary N) is 1. The number of rotatable bonds is 6. The summed E-state index contributed by atoms with van der Waals surface area (Å²) in [4.78, 5) is 43.1. The highest BCUT2D eigenvalue weighted by atomic mass is 35.5. The molecular weight excluding hydrogens is 499 g/mol. The second-order valence-corrected chi connectivity index (χ2v) is 8.77. The molecule has 5 rings (SSSR count). The summed E-state index contributed by atoms with van der Waals surface area (Å²) in [6.07, 6.45) is -3.29. The van der Waals surface area contributed by atoms with Gasteiger partial charge >= 0.3 is 11.8 Å². The Balaban J connectivity index is 1.53. The van der Waals surface area contributed by atoms with Gasteiger partial charge in [0.1, 0.15) is 11.3 Å². The van der Waals surface area contributed by atoms with E-state index < -0.39 is 35.3 Å². The van der Waals surface area contributed by atoms with E-state index in [1.165, 1.54) is 30.3 Å². The Morgan fingerprint density at radius 2 is 1.85 bits per heavy atom. The number of hydroxylamine groups is 1. The number of aromatic amines is 1. The van der Waals surface area contributed by atoms with Crippen LogP contribution in [0.5, 0.6) is 11.5 Å². The minimum atomic E-state index is -2.71. The van der Waals surface area contributed by atoms with Crippen molar-refractivity contribution in [1.82, 2.24) is 20.3 Å². The number of nitrogens with zero attached hydrogens (tertiary/aromatic N) is 1. The van der Waals surface area contributed by atoms with Gasteiger partial charge in [-0.25, -0.2) is 18.4 Å². The van der Waals surface area contributed by atoms with Gasteiger partial charge in [0.15, 0.2) is 5.75 Å². The van der Waals surface area contributed by atoms with Crippen LogP contribution in [0.1, 0.15) is 18.4 Å². The molecule has 3 aromatic rings. The lowest BCUT2D eigenvalue weighted by Gasteiger charge is -2.24. The first-order chi connectivity index (χ1) is 16.1. The van der Waals surface area contributed by atoms with Gasteiger partial charge in [0.05, 0.1) is 21.1 Å². The predicted molar refractivity (Wildman–Crippen MR) is 116 cm³/mol. The molecule has 1 unspecified atom stereocenters. The molecule has 34 heavy (non-hydrogen) atoms. The number of hydrogen-bond donors (Lipinski definition) is 4. The van der Waals surface area contributed by atoms with E-state index in [0.29, 0.717) is 5.52 Å². The van der Waals surface area contributed by atoms with E-state index in [0.717, 1.165) is 4.57 Å². The van der Waals surface area contributed by atoms with E-state index in [4.69, 9.17) is 33.7 Å². The van der Waals surface area contributed by atoms with Gasteiger partial charge in [-0.05, 0) is 37.1 Å². The number of alkyl halides is 2. The lowest BCUT2D eigenvalue weighted by atomic mass is 9.99. The Labute approximate surface area is 198 Å². The SMILES string of the molecule is NC(=O)C1(c2cc(Cl)c(Oc3ccc4[nH]c(=O)n(C5(C(F)F)CC5)c4c3)c(Cl)c2)NOC(=O)N1. The maximum Gasteiger partial charge on any atom is 0.428 e. The van der Waals surface area contributed by atoms with Crippen LogP contribution in [0.15, 0.2) is 35.1 Å². The van der Waals surface area contributed by atoms with Crippen LogP contribution in [0.3, 0.4) is 0 Å². The maximum absolute atomic E-state index is 13.7. The van der Waals surface area contributed by atoms with Crippen molar-refractivity contribution in [3.63, 3.8) is 0 Å². The van der Waals surface area contributed by atoms with Crippen LogP contribution in [0, 0.1) is 0 Å². The van der Waals surface area contributed by atoms with Crippen LogP contribution < -0.4 is 27.0 Å². The minimum absolute atomic E-state index is 0.0178. The number of hydrogen-bond acceptors (Lipinski definition) is 6. The Kier molecular flexibility index (Phi) is 5.01. The average molecular weight is 514 g/mol. The fraction of sp³-hybridized carbons (Fsp3) is 0.250. The molecule has 2 fully saturated rings. The molecule has 1 saturated carbocycles. The van der Waals surface area contributed by atoms with Crippen molar-refractivity contribution in [1.29, 1.82) is 0 Å². The van der Waals surface area contributed by atoms with Gasteiger partial charge in [0.2, 0.25) is 5.66 Å². The lowest BCUT2D eigenvalue weighted by Crippen LogP contribution is -2.56. The van der Waals surface area contributed by atoms with Crippen LogP contribution in [-0.4, -0.2) is 28.0 Å². The Hall–Kier alpha value is -3.35. The number of primary amides is 1. The number of benzene rings is 2. The van der Waals surface area contributed by atoms with Gasteiger partial charge in [0, 0.05) is 11.6 Å². The Morgan fingerprint density at radius 1 is 1.18 bits per heavy atom. The summed E-state index contributed by atoms with van der Waals surface area (Å²) in [7, 11) is 0. The monoisotopic (exact) mass is 513 g/mol. The van der Waals surface area contributed by atoms with Gasteiger partial charge in [-0.2, -0.15) is 0 Å². The number of carbonyl (C=O) groups excluding carboxylic acids is 2. The van der Waals surface area contributed by atoms with Gasteiger partial charge < -0.3 is 20.3 Å². The number of carbonyl (C=O) groups is 2. The van der Waals surface area contributed by atoms with Gasteiger partial charge in [-0.15, -0.1) is 5.48 Å². The fourth-order valence-electron chi connectivity index (χ4n) is 3.96. The molecule has 1 aromatic heterocycles. The summed E-state index contributed by atoms with van der Waals surface area (Å²) in [5.41, 5.74) is 4.24. The third-order valence-corrected chi connectivity index (χ3v) is 6.44. The van der Waals surface area contributed by atoms with E-state index in [2.05, 4.69) is 20.6 Å². The molecule has 2 aromatic carbocycles. The number of ether oxygens (including phenoxy) is 1. The first-order valence-corrected chi connectivity index (χ1v) is 10.6. The zero-order valence-electron chi connectivity index (χ0n) is 17.0. The van der Waals surface area contributed by atoms with Crippen LogP contribution in [0.25, 0.3) is 11.0 Å². The number of imidazole rings is 1. The number of nitrogens with one attached hydrogen (secondary N) is 3. The fourth-order valence-corrected chi connectivity index (χ4v) is 4.52. The topological polar surface area (TPSA) is 140 Å². The molecule has 1 atom stereocenters. The molecule has 2 amide bonds. The molecule has 1 aliphatic heterocycles. The van der Waals surface area contributed by atoms with Crippen LogP contribution in [0.2, 0.25) is 10.0 Å². The van der Waals surface area contributed by atoms with E-state index >= 15 is 0 Å². The number of fused-ring (bicyclic) bond motifs is 1. The third-order valence-electron chi connectivity index (χ3n) is 5.88. The number of halogens is 4. The largest absolute Gasteiger partial charge is 0.454 e. The van der Waals surface area contributed by atoms with Crippen molar-refractivity contribution in [2.75, 3.05) is 0 Å².